The first kappa shape index (κ1) is 20.4. The van der Waals surface area contributed by atoms with Crippen molar-refractivity contribution in [1.82, 2.24) is 3.97 Å². The van der Waals surface area contributed by atoms with E-state index in [2.05, 4.69) is 0 Å². The Kier molecular flexibility index (Phi) is 4.80. The topological polar surface area (TPSA) is 89.5 Å². The van der Waals surface area contributed by atoms with Gasteiger partial charge in [-0.1, -0.05) is 23.7 Å². The molecular weight excluding hydrogens is 450 g/mol. The molecule has 0 radical (unpaired) electrons. The molecule has 0 spiro atoms. The number of aromatic carboxylic acids is 1. The first-order valence-corrected chi connectivity index (χ1v) is 11.5. The van der Waals surface area contributed by atoms with Crippen molar-refractivity contribution in [3.8, 4) is 0 Å². The Labute approximate surface area is 188 Å². The largest absolute Gasteiger partial charge is 0.478 e. The average molecular weight is 466 g/mol. The van der Waals surface area contributed by atoms with Crippen LogP contribution in [-0.2, 0) is 16.4 Å². The fourth-order valence-corrected chi connectivity index (χ4v) is 5.57. The second-order valence-electron chi connectivity index (χ2n) is 7.41. The molecule has 5 aromatic rings. The third kappa shape index (κ3) is 3.45. The molecule has 1 N–H and O–H groups in total. The summed E-state index contributed by atoms with van der Waals surface area (Å²) in [6.45, 7) is 0. The van der Waals surface area contributed by atoms with E-state index in [0.717, 1.165) is 5.56 Å². The summed E-state index contributed by atoms with van der Waals surface area (Å²) in [6, 6.07) is 19.7. The van der Waals surface area contributed by atoms with Crippen molar-refractivity contribution < 1.29 is 22.7 Å². The second kappa shape index (κ2) is 7.55. The molecule has 160 valence electrons. The van der Waals surface area contributed by atoms with Crippen LogP contribution in [0.5, 0.6) is 0 Å². The summed E-state index contributed by atoms with van der Waals surface area (Å²) in [5.41, 5.74) is 2.61. The van der Waals surface area contributed by atoms with Crippen LogP contribution in [0.2, 0.25) is 5.02 Å². The van der Waals surface area contributed by atoms with Gasteiger partial charge in [-0.15, -0.1) is 0 Å². The molecule has 0 fully saturated rings. The molecule has 0 amide bonds. The fourth-order valence-electron chi connectivity index (χ4n) is 3.81. The molecule has 0 bridgehead atoms. The van der Waals surface area contributed by atoms with E-state index in [1.807, 2.05) is 0 Å². The van der Waals surface area contributed by atoms with Crippen molar-refractivity contribution in [2.24, 2.45) is 0 Å². The lowest BCUT2D eigenvalue weighted by Gasteiger charge is -2.13. The molecule has 0 atom stereocenters. The fraction of sp³-hybridized carbons (Fsp3) is 0.0417. The number of benzene rings is 3. The number of carbonyl (C=O) groups is 1. The van der Waals surface area contributed by atoms with E-state index >= 15 is 0 Å². The predicted molar refractivity (Wildman–Crippen MR) is 122 cm³/mol. The van der Waals surface area contributed by atoms with Crippen LogP contribution in [0.15, 0.2) is 88.4 Å². The summed E-state index contributed by atoms with van der Waals surface area (Å²) in [5, 5.41) is 11.0. The van der Waals surface area contributed by atoms with Crippen LogP contribution < -0.4 is 0 Å². The minimum absolute atomic E-state index is 0.140. The van der Waals surface area contributed by atoms with Crippen molar-refractivity contribution in [2.45, 2.75) is 11.3 Å². The summed E-state index contributed by atoms with van der Waals surface area (Å²) in [7, 11) is -3.94. The van der Waals surface area contributed by atoms with E-state index in [-0.39, 0.29) is 10.5 Å². The highest BCUT2D eigenvalue weighted by Crippen LogP contribution is 2.30. The third-order valence-electron chi connectivity index (χ3n) is 5.34. The number of carboxylic acid groups (broad SMARTS) is 1. The first-order valence-electron chi connectivity index (χ1n) is 9.68. The normalized spacial score (nSPS) is 11.9. The van der Waals surface area contributed by atoms with Crippen molar-refractivity contribution in [1.29, 1.82) is 0 Å². The van der Waals surface area contributed by atoms with Crippen molar-refractivity contribution in [3.63, 3.8) is 0 Å². The molecule has 2 aromatic heterocycles. The van der Waals surface area contributed by atoms with Gasteiger partial charge in [0, 0.05) is 27.9 Å². The van der Waals surface area contributed by atoms with E-state index in [1.54, 1.807) is 54.6 Å². The summed E-state index contributed by atoms with van der Waals surface area (Å²) < 4.78 is 34.1. The number of rotatable bonds is 5. The number of fused-ring (bicyclic) bond motifs is 2. The SMILES string of the molecule is O=C(O)c1ccc(Cc2cc3cc(Cl)ccc3n2S(=O)(=O)c2ccc3occc3c2)cc1. The second-order valence-corrected chi connectivity index (χ2v) is 9.63. The standard InChI is InChI=1S/C24H16ClNO5S/c25-19-5-7-22-18(12-19)13-20(11-15-1-3-16(4-2-15)24(27)28)26(22)32(29,30)21-6-8-23-17(14-21)9-10-31-23/h1-10,12-14H,11H2,(H,27,28). The van der Waals surface area contributed by atoms with Gasteiger partial charge < -0.3 is 9.52 Å². The van der Waals surface area contributed by atoms with Gasteiger partial charge in [0.15, 0.2) is 0 Å². The molecule has 3 aromatic carbocycles. The van der Waals surface area contributed by atoms with Crippen LogP contribution in [0.1, 0.15) is 21.6 Å². The van der Waals surface area contributed by atoms with E-state index in [4.69, 9.17) is 21.1 Å². The van der Waals surface area contributed by atoms with Gasteiger partial charge in [0.1, 0.15) is 5.58 Å². The highest BCUT2D eigenvalue weighted by molar-refractivity contribution is 7.90. The summed E-state index contributed by atoms with van der Waals surface area (Å²) in [4.78, 5) is 11.3. The van der Waals surface area contributed by atoms with Gasteiger partial charge in [0.25, 0.3) is 10.0 Å². The molecule has 0 saturated carbocycles. The van der Waals surface area contributed by atoms with Gasteiger partial charge in [-0.25, -0.2) is 17.2 Å². The lowest BCUT2D eigenvalue weighted by atomic mass is 10.1. The van der Waals surface area contributed by atoms with Crippen molar-refractivity contribution in [2.75, 3.05) is 0 Å². The third-order valence-corrected chi connectivity index (χ3v) is 7.34. The van der Waals surface area contributed by atoms with Crippen LogP contribution in [0.4, 0.5) is 0 Å². The molecule has 0 unspecified atom stereocenters. The van der Waals surface area contributed by atoms with E-state index in [0.29, 0.717) is 39.0 Å². The predicted octanol–water partition coefficient (Wildman–Crippen LogP) is 5.57. The maximum atomic E-state index is 13.7. The number of furan rings is 1. The molecule has 0 aliphatic rings. The number of halogens is 1. The lowest BCUT2D eigenvalue weighted by Crippen LogP contribution is -2.16. The van der Waals surface area contributed by atoms with E-state index < -0.39 is 16.0 Å². The van der Waals surface area contributed by atoms with Gasteiger partial charge in [0.05, 0.1) is 22.2 Å². The minimum Gasteiger partial charge on any atom is -0.478 e. The van der Waals surface area contributed by atoms with Crippen molar-refractivity contribution >= 4 is 49.5 Å². The Bertz CT molecular complexity index is 1600. The Morgan fingerprint density at radius 1 is 0.938 bits per heavy atom. The van der Waals surface area contributed by atoms with Gasteiger partial charge in [-0.2, -0.15) is 0 Å². The lowest BCUT2D eigenvalue weighted by molar-refractivity contribution is 0.0697. The highest BCUT2D eigenvalue weighted by atomic mass is 35.5. The zero-order valence-corrected chi connectivity index (χ0v) is 18.1. The summed E-state index contributed by atoms with van der Waals surface area (Å²) in [5.74, 6) is -1.02. The van der Waals surface area contributed by atoms with Crippen LogP contribution in [0.3, 0.4) is 0 Å². The van der Waals surface area contributed by atoms with Crippen LogP contribution >= 0.6 is 11.6 Å². The van der Waals surface area contributed by atoms with Crippen LogP contribution in [0, 0.1) is 0 Å². The van der Waals surface area contributed by atoms with E-state index in [1.165, 1.54) is 28.4 Å². The quantitative estimate of drug-likeness (QED) is 0.366. The van der Waals surface area contributed by atoms with Crippen LogP contribution in [-0.4, -0.2) is 23.5 Å². The zero-order chi connectivity index (χ0) is 22.5. The molecule has 2 heterocycles. The van der Waals surface area contributed by atoms with Gasteiger partial charge in [0.2, 0.25) is 0 Å². The number of carboxylic acids is 1. The number of hydrogen-bond donors (Lipinski definition) is 1. The van der Waals surface area contributed by atoms with Crippen molar-refractivity contribution in [3.05, 3.63) is 101 Å². The maximum absolute atomic E-state index is 13.7. The molecule has 5 rings (SSSR count). The molecule has 0 saturated heterocycles. The number of hydrogen-bond acceptors (Lipinski definition) is 4. The summed E-state index contributed by atoms with van der Waals surface area (Å²) >= 11 is 6.15. The number of aromatic nitrogens is 1. The van der Waals surface area contributed by atoms with Gasteiger partial charge in [-0.3, -0.25) is 0 Å². The van der Waals surface area contributed by atoms with E-state index in [9.17, 15) is 13.2 Å². The Morgan fingerprint density at radius 3 is 2.47 bits per heavy atom. The van der Waals surface area contributed by atoms with Crippen LogP contribution in [0.25, 0.3) is 21.9 Å². The number of nitrogens with zero attached hydrogens (tertiary/aromatic N) is 1. The molecular formula is C24H16ClNO5S. The monoisotopic (exact) mass is 465 g/mol. The molecule has 0 aliphatic carbocycles. The maximum Gasteiger partial charge on any atom is 0.335 e. The highest BCUT2D eigenvalue weighted by Gasteiger charge is 2.24. The smallest absolute Gasteiger partial charge is 0.335 e. The molecule has 0 aliphatic heterocycles. The zero-order valence-electron chi connectivity index (χ0n) is 16.5. The average Bonchev–Trinajstić information content (AvgIpc) is 3.37. The molecule has 8 heteroatoms. The summed E-state index contributed by atoms with van der Waals surface area (Å²) in [6.07, 6.45) is 1.81. The Hall–Kier alpha value is -3.55. The first-order chi connectivity index (χ1) is 15.3. The molecule has 32 heavy (non-hydrogen) atoms. The van der Waals surface area contributed by atoms with Gasteiger partial charge in [-0.05, 0) is 66.2 Å². The molecule has 6 nitrogen and oxygen atoms in total. The Balaban J connectivity index is 1.67. The minimum atomic E-state index is -3.94. The Morgan fingerprint density at radius 2 is 1.72 bits per heavy atom. The van der Waals surface area contributed by atoms with Gasteiger partial charge >= 0.3 is 5.97 Å².